The molecule has 27 heavy (non-hydrogen) atoms. The van der Waals surface area contributed by atoms with E-state index in [4.69, 9.17) is 4.74 Å². The molecule has 4 heteroatoms. The van der Waals surface area contributed by atoms with Gasteiger partial charge in [-0.2, -0.15) is 0 Å². The SMILES string of the molecule is Cc1cc(C)c([C@@H](C)NC(=O)c2ccc(CN3CCOCC3)cc2)cc1C. The maximum absolute atomic E-state index is 12.7. The van der Waals surface area contributed by atoms with Crippen molar-refractivity contribution in [1.82, 2.24) is 10.2 Å². The van der Waals surface area contributed by atoms with Crippen LogP contribution in [0.4, 0.5) is 0 Å². The van der Waals surface area contributed by atoms with Crippen LogP contribution in [0, 0.1) is 20.8 Å². The number of morpholine rings is 1. The van der Waals surface area contributed by atoms with Gasteiger partial charge in [-0.1, -0.05) is 24.3 Å². The van der Waals surface area contributed by atoms with E-state index in [0.717, 1.165) is 32.8 Å². The molecule has 1 atom stereocenters. The lowest BCUT2D eigenvalue weighted by Gasteiger charge is -2.26. The first kappa shape index (κ1) is 19.6. The van der Waals surface area contributed by atoms with Crippen LogP contribution in [0.3, 0.4) is 0 Å². The fourth-order valence-corrected chi connectivity index (χ4v) is 3.59. The smallest absolute Gasteiger partial charge is 0.251 e. The minimum Gasteiger partial charge on any atom is -0.379 e. The lowest BCUT2D eigenvalue weighted by molar-refractivity contribution is 0.0342. The van der Waals surface area contributed by atoms with Crippen molar-refractivity contribution in [2.75, 3.05) is 26.3 Å². The molecule has 1 aliphatic heterocycles. The number of hydrogen-bond donors (Lipinski definition) is 1. The highest BCUT2D eigenvalue weighted by Crippen LogP contribution is 2.22. The Morgan fingerprint density at radius 3 is 2.33 bits per heavy atom. The van der Waals surface area contributed by atoms with Crippen LogP contribution in [0.1, 0.15) is 51.1 Å². The van der Waals surface area contributed by atoms with Crippen LogP contribution in [0.5, 0.6) is 0 Å². The highest BCUT2D eigenvalue weighted by atomic mass is 16.5. The zero-order valence-corrected chi connectivity index (χ0v) is 16.8. The Morgan fingerprint density at radius 2 is 1.67 bits per heavy atom. The number of carbonyl (C=O) groups excluding carboxylic acids is 1. The molecule has 0 spiro atoms. The van der Waals surface area contributed by atoms with Gasteiger partial charge >= 0.3 is 0 Å². The molecule has 0 aromatic heterocycles. The van der Waals surface area contributed by atoms with Crippen molar-refractivity contribution < 1.29 is 9.53 Å². The Bertz CT molecular complexity index is 793. The predicted molar refractivity (Wildman–Crippen MR) is 109 cm³/mol. The summed E-state index contributed by atoms with van der Waals surface area (Å²) in [5.41, 5.74) is 6.86. The molecular weight excluding hydrogens is 336 g/mol. The first-order valence-electron chi connectivity index (χ1n) is 9.71. The number of aryl methyl sites for hydroxylation is 3. The molecule has 4 nitrogen and oxygen atoms in total. The highest BCUT2D eigenvalue weighted by molar-refractivity contribution is 5.94. The van der Waals surface area contributed by atoms with Gasteiger partial charge in [-0.25, -0.2) is 0 Å². The lowest BCUT2D eigenvalue weighted by atomic mass is 9.96. The minimum absolute atomic E-state index is 0.0233. The average Bonchev–Trinajstić information content (AvgIpc) is 2.66. The monoisotopic (exact) mass is 366 g/mol. The van der Waals surface area contributed by atoms with E-state index in [1.807, 2.05) is 19.1 Å². The van der Waals surface area contributed by atoms with Crippen molar-refractivity contribution in [2.45, 2.75) is 40.3 Å². The van der Waals surface area contributed by atoms with Gasteiger partial charge in [-0.05, 0) is 67.6 Å². The molecule has 1 amide bonds. The van der Waals surface area contributed by atoms with Gasteiger partial charge in [0.2, 0.25) is 0 Å². The molecule has 1 aliphatic rings. The van der Waals surface area contributed by atoms with Crippen molar-refractivity contribution in [1.29, 1.82) is 0 Å². The Labute approximate surface area is 162 Å². The normalized spacial score (nSPS) is 16.1. The van der Waals surface area contributed by atoms with Gasteiger partial charge in [0.05, 0.1) is 19.3 Å². The van der Waals surface area contributed by atoms with Gasteiger partial charge in [0, 0.05) is 25.2 Å². The number of carbonyl (C=O) groups is 1. The summed E-state index contributed by atoms with van der Waals surface area (Å²) in [6, 6.07) is 12.3. The van der Waals surface area contributed by atoms with Crippen LogP contribution >= 0.6 is 0 Å². The van der Waals surface area contributed by atoms with E-state index in [1.54, 1.807) is 0 Å². The highest BCUT2D eigenvalue weighted by Gasteiger charge is 2.15. The summed E-state index contributed by atoms with van der Waals surface area (Å²) in [5, 5.41) is 3.13. The quantitative estimate of drug-likeness (QED) is 0.872. The Morgan fingerprint density at radius 1 is 1.04 bits per heavy atom. The summed E-state index contributed by atoms with van der Waals surface area (Å²) in [7, 11) is 0. The zero-order valence-electron chi connectivity index (χ0n) is 16.8. The molecule has 1 heterocycles. The Balaban J connectivity index is 1.63. The molecule has 1 fully saturated rings. The van der Waals surface area contributed by atoms with Crippen molar-refractivity contribution in [3.63, 3.8) is 0 Å². The number of nitrogens with zero attached hydrogens (tertiary/aromatic N) is 1. The standard InChI is InChI=1S/C23H30N2O2/c1-16-13-18(3)22(14-17(16)2)19(4)24-23(26)21-7-5-20(6-8-21)15-25-9-11-27-12-10-25/h5-8,13-14,19H,9-12,15H2,1-4H3,(H,24,26)/t19-/m1/s1. The van der Waals surface area contributed by atoms with Gasteiger partial charge in [0.15, 0.2) is 0 Å². The first-order chi connectivity index (χ1) is 12.9. The third-order valence-electron chi connectivity index (χ3n) is 5.42. The fraction of sp³-hybridized carbons (Fsp3) is 0.435. The number of amides is 1. The summed E-state index contributed by atoms with van der Waals surface area (Å²) in [6.07, 6.45) is 0. The number of ether oxygens (including phenoxy) is 1. The van der Waals surface area contributed by atoms with Crippen LogP contribution in [-0.4, -0.2) is 37.1 Å². The van der Waals surface area contributed by atoms with Crippen LogP contribution in [-0.2, 0) is 11.3 Å². The van der Waals surface area contributed by atoms with E-state index in [1.165, 1.54) is 27.8 Å². The zero-order chi connectivity index (χ0) is 19.4. The lowest BCUT2D eigenvalue weighted by Crippen LogP contribution is -2.35. The molecule has 0 saturated carbocycles. The summed E-state index contributed by atoms with van der Waals surface area (Å²) in [5.74, 6) is -0.0296. The molecule has 3 rings (SSSR count). The van der Waals surface area contributed by atoms with E-state index in [9.17, 15) is 4.79 Å². The molecule has 0 radical (unpaired) electrons. The van der Waals surface area contributed by atoms with Crippen molar-refractivity contribution in [3.8, 4) is 0 Å². The number of hydrogen-bond acceptors (Lipinski definition) is 3. The van der Waals surface area contributed by atoms with Crippen molar-refractivity contribution in [2.24, 2.45) is 0 Å². The molecule has 1 saturated heterocycles. The molecule has 144 valence electrons. The van der Waals surface area contributed by atoms with E-state index in [-0.39, 0.29) is 11.9 Å². The van der Waals surface area contributed by atoms with Crippen LogP contribution in [0.25, 0.3) is 0 Å². The summed E-state index contributed by atoms with van der Waals surface area (Å²) in [6.45, 7) is 12.8. The average molecular weight is 367 g/mol. The predicted octanol–water partition coefficient (Wildman–Crippen LogP) is 3.94. The second kappa shape index (κ2) is 8.68. The molecule has 0 bridgehead atoms. The van der Waals surface area contributed by atoms with Crippen molar-refractivity contribution >= 4 is 5.91 Å². The topological polar surface area (TPSA) is 41.6 Å². The molecule has 2 aromatic rings. The molecule has 0 unspecified atom stereocenters. The van der Waals surface area contributed by atoms with Crippen LogP contribution in [0.2, 0.25) is 0 Å². The van der Waals surface area contributed by atoms with Gasteiger partial charge in [-0.3, -0.25) is 9.69 Å². The van der Waals surface area contributed by atoms with Gasteiger partial charge in [0.1, 0.15) is 0 Å². The van der Waals surface area contributed by atoms with E-state index in [2.05, 4.69) is 55.3 Å². The second-order valence-corrected chi connectivity index (χ2v) is 7.57. The van der Waals surface area contributed by atoms with Crippen molar-refractivity contribution in [3.05, 3.63) is 69.8 Å². The largest absolute Gasteiger partial charge is 0.379 e. The van der Waals surface area contributed by atoms with Gasteiger partial charge in [-0.15, -0.1) is 0 Å². The molecule has 0 aliphatic carbocycles. The van der Waals surface area contributed by atoms with E-state index < -0.39 is 0 Å². The first-order valence-corrected chi connectivity index (χ1v) is 9.71. The molecule has 1 N–H and O–H groups in total. The third-order valence-corrected chi connectivity index (χ3v) is 5.42. The summed E-state index contributed by atoms with van der Waals surface area (Å²) in [4.78, 5) is 15.0. The number of benzene rings is 2. The Kier molecular flexibility index (Phi) is 6.30. The number of rotatable bonds is 5. The maximum Gasteiger partial charge on any atom is 0.251 e. The summed E-state index contributed by atoms with van der Waals surface area (Å²) >= 11 is 0. The Hall–Kier alpha value is -2.17. The second-order valence-electron chi connectivity index (χ2n) is 7.57. The van der Waals surface area contributed by atoms with E-state index in [0.29, 0.717) is 5.56 Å². The van der Waals surface area contributed by atoms with Crippen LogP contribution < -0.4 is 5.32 Å². The van der Waals surface area contributed by atoms with Gasteiger partial charge < -0.3 is 10.1 Å². The molecular formula is C23H30N2O2. The van der Waals surface area contributed by atoms with Crippen LogP contribution in [0.15, 0.2) is 36.4 Å². The van der Waals surface area contributed by atoms with Gasteiger partial charge in [0.25, 0.3) is 5.91 Å². The van der Waals surface area contributed by atoms with E-state index >= 15 is 0 Å². The number of nitrogens with one attached hydrogen (secondary N) is 1. The fourth-order valence-electron chi connectivity index (χ4n) is 3.59. The summed E-state index contributed by atoms with van der Waals surface area (Å²) < 4.78 is 5.39. The minimum atomic E-state index is -0.0296. The third kappa shape index (κ3) is 4.96. The maximum atomic E-state index is 12.7. The molecule has 2 aromatic carbocycles.